The van der Waals surface area contributed by atoms with Gasteiger partial charge in [0.1, 0.15) is 5.60 Å². The molecule has 0 radical (unpaired) electrons. The molecule has 0 bridgehead atoms. The highest BCUT2D eigenvalue weighted by atomic mass is 16.7. The lowest BCUT2D eigenvalue weighted by atomic mass is 9.81. The molecule has 1 aliphatic carbocycles. The molecule has 2 aliphatic heterocycles. The minimum Gasteiger partial charge on any atom is -0.466 e. The lowest BCUT2D eigenvalue weighted by Gasteiger charge is -2.36. The summed E-state index contributed by atoms with van der Waals surface area (Å²) in [5.41, 5.74) is -0.137. The summed E-state index contributed by atoms with van der Waals surface area (Å²) in [6, 6.07) is 0. The molecule has 3 aliphatic rings. The van der Waals surface area contributed by atoms with Gasteiger partial charge in [0.25, 0.3) is 6.29 Å². The van der Waals surface area contributed by atoms with Crippen LogP contribution in [0, 0.1) is 11.8 Å². The van der Waals surface area contributed by atoms with Crippen molar-refractivity contribution in [3.05, 3.63) is 11.8 Å². The van der Waals surface area contributed by atoms with Crippen LogP contribution in [0.4, 0.5) is 4.79 Å². The van der Waals surface area contributed by atoms with Crippen molar-refractivity contribution in [2.75, 3.05) is 27.9 Å². The molecule has 2 heterocycles. The zero-order chi connectivity index (χ0) is 15.9. The highest BCUT2D eigenvalue weighted by Gasteiger charge is 2.73. The topological polar surface area (TPSA) is 95.6 Å². The van der Waals surface area contributed by atoms with E-state index in [1.165, 1.54) is 20.4 Å². The van der Waals surface area contributed by atoms with Crippen molar-refractivity contribution in [1.82, 2.24) is 5.32 Å². The number of ether oxygens (including phenoxy) is 5. The fraction of sp³-hybridized carbons (Fsp3) is 0.714. The predicted molar refractivity (Wildman–Crippen MR) is 71.6 cm³/mol. The Morgan fingerprint density at radius 3 is 2.86 bits per heavy atom. The SMILES string of the molecule is CNC(=O)O[C@@H]1OC=C(C(=O)OC)[C@H]2C[C@@H]3O[C@@]3(COC)[C@H]12. The fourth-order valence-corrected chi connectivity index (χ4v) is 3.57. The van der Waals surface area contributed by atoms with Gasteiger partial charge >= 0.3 is 12.1 Å². The molecule has 5 atom stereocenters. The van der Waals surface area contributed by atoms with Gasteiger partial charge < -0.3 is 29.0 Å². The van der Waals surface area contributed by atoms with Crippen molar-refractivity contribution in [2.45, 2.75) is 24.4 Å². The number of esters is 1. The summed E-state index contributed by atoms with van der Waals surface area (Å²) in [4.78, 5) is 23.4. The van der Waals surface area contributed by atoms with E-state index in [9.17, 15) is 9.59 Å². The molecule has 0 spiro atoms. The van der Waals surface area contributed by atoms with E-state index < -0.39 is 24.0 Å². The van der Waals surface area contributed by atoms with Crippen LogP contribution in [0.1, 0.15) is 6.42 Å². The average Bonchev–Trinajstić information content (AvgIpc) is 3.11. The molecule has 1 amide bonds. The van der Waals surface area contributed by atoms with Gasteiger partial charge in [-0.15, -0.1) is 0 Å². The van der Waals surface area contributed by atoms with Crippen molar-refractivity contribution in [3.8, 4) is 0 Å². The third kappa shape index (κ3) is 2.14. The minimum atomic E-state index is -0.832. The van der Waals surface area contributed by atoms with Gasteiger partial charge in [0, 0.05) is 20.1 Å². The largest absolute Gasteiger partial charge is 0.466 e. The first-order chi connectivity index (χ1) is 10.6. The maximum atomic E-state index is 11.9. The fourth-order valence-electron chi connectivity index (χ4n) is 3.57. The van der Waals surface area contributed by atoms with Crippen molar-refractivity contribution >= 4 is 12.1 Å². The lowest BCUT2D eigenvalue weighted by molar-refractivity contribution is -0.154. The Bertz CT molecular complexity index is 519. The molecular formula is C14H19NO7. The zero-order valence-corrected chi connectivity index (χ0v) is 12.7. The molecule has 0 aromatic rings. The number of rotatable bonds is 4. The number of epoxide rings is 1. The molecule has 22 heavy (non-hydrogen) atoms. The summed E-state index contributed by atoms with van der Waals surface area (Å²) in [6.45, 7) is 0.351. The summed E-state index contributed by atoms with van der Waals surface area (Å²) in [5.74, 6) is -0.902. The van der Waals surface area contributed by atoms with Crippen LogP contribution >= 0.6 is 0 Å². The molecule has 8 nitrogen and oxygen atoms in total. The van der Waals surface area contributed by atoms with Crippen LogP contribution in [-0.4, -0.2) is 57.9 Å². The van der Waals surface area contributed by atoms with Gasteiger partial charge in [-0.05, 0) is 6.42 Å². The van der Waals surface area contributed by atoms with Crippen LogP contribution in [0.15, 0.2) is 11.8 Å². The first kappa shape index (κ1) is 15.1. The van der Waals surface area contributed by atoms with E-state index in [1.54, 1.807) is 7.11 Å². The molecule has 122 valence electrons. The van der Waals surface area contributed by atoms with Gasteiger partial charge in [0.2, 0.25) is 0 Å². The standard InChI is InChI=1S/C14H19NO7/c1-15-13(17)21-12-10-7(8(5-20-12)11(16)19-3)4-9-14(10,22-9)6-18-2/h5,7,9-10,12H,4,6H2,1-3H3,(H,15,17)/t7-,9+,10+,12+,14-/m1/s1. The Morgan fingerprint density at radius 1 is 1.45 bits per heavy atom. The van der Waals surface area contributed by atoms with E-state index in [1.807, 2.05) is 0 Å². The van der Waals surface area contributed by atoms with Crippen molar-refractivity contribution < 1.29 is 33.3 Å². The highest BCUT2D eigenvalue weighted by Crippen LogP contribution is 2.61. The Balaban J connectivity index is 1.88. The van der Waals surface area contributed by atoms with E-state index in [-0.39, 0.29) is 17.9 Å². The monoisotopic (exact) mass is 313 g/mol. The molecule has 0 aromatic heterocycles. The minimum absolute atomic E-state index is 0.0343. The second-order valence-electron chi connectivity index (χ2n) is 5.59. The molecular weight excluding hydrogens is 294 g/mol. The average molecular weight is 313 g/mol. The number of hydrogen-bond donors (Lipinski definition) is 1. The third-order valence-electron chi connectivity index (χ3n) is 4.56. The van der Waals surface area contributed by atoms with Gasteiger partial charge in [0.15, 0.2) is 0 Å². The molecule has 2 fully saturated rings. The molecule has 3 rings (SSSR count). The number of methoxy groups -OCH3 is 2. The van der Waals surface area contributed by atoms with Crippen molar-refractivity contribution in [2.24, 2.45) is 11.8 Å². The van der Waals surface area contributed by atoms with Crippen LogP contribution in [-0.2, 0) is 28.5 Å². The molecule has 1 N–H and O–H groups in total. The molecule has 0 aromatic carbocycles. The van der Waals surface area contributed by atoms with E-state index in [0.29, 0.717) is 18.6 Å². The lowest BCUT2D eigenvalue weighted by Crippen LogP contribution is -2.46. The van der Waals surface area contributed by atoms with Gasteiger partial charge in [0.05, 0.1) is 37.6 Å². The maximum Gasteiger partial charge on any atom is 0.409 e. The summed E-state index contributed by atoms with van der Waals surface area (Å²) in [7, 11) is 4.37. The van der Waals surface area contributed by atoms with E-state index in [2.05, 4.69) is 5.32 Å². The van der Waals surface area contributed by atoms with E-state index in [4.69, 9.17) is 23.7 Å². The number of carbonyl (C=O) groups is 2. The van der Waals surface area contributed by atoms with E-state index >= 15 is 0 Å². The number of hydrogen-bond acceptors (Lipinski definition) is 7. The molecule has 1 saturated heterocycles. The number of carbonyl (C=O) groups excluding carboxylic acids is 2. The summed E-state index contributed by atoms with van der Waals surface area (Å²) in [6.07, 6.45) is 0.502. The van der Waals surface area contributed by atoms with Gasteiger partial charge in [-0.2, -0.15) is 0 Å². The van der Waals surface area contributed by atoms with Crippen LogP contribution in [0.5, 0.6) is 0 Å². The molecule has 1 saturated carbocycles. The Hall–Kier alpha value is -1.80. The maximum absolute atomic E-state index is 11.9. The van der Waals surface area contributed by atoms with Crippen molar-refractivity contribution in [3.63, 3.8) is 0 Å². The number of nitrogens with one attached hydrogen (secondary N) is 1. The summed E-state index contributed by atoms with van der Waals surface area (Å²) < 4.78 is 26.6. The quantitative estimate of drug-likeness (QED) is 0.584. The van der Waals surface area contributed by atoms with Crippen LogP contribution in [0.25, 0.3) is 0 Å². The molecule has 8 heteroatoms. The van der Waals surface area contributed by atoms with Crippen LogP contribution in [0.2, 0.25) is 0 Å². The van der Waals surface area contributed by atoms with Gasteiger partial charge in [-0.25, -0.2) is 9.59 Å². The predicted octanol–water partition coefficient (Wildman–Crippen LogP) is 0.176. The smallest absolute Gasteiger partial charge is 0.409 e. The normalized spacial score (nSPS) is 38.0. The highest BCUT2D eigenvalue weighted by molar-refractivity contribution is 5.89. The van der Waals surface area contributed by atoms with Crippen LogP contribution in [0.3, 0.4) is 0 Å². The number of fused-ring (bicyclic) bond motifs is 3. The van der Waals surface area contributed by atoms with Crippen LogP contribution < -0.4 is 5.32 Å². The Morgan fingerprint density at radius 2 is 2.23 bits per heavy atom. The first-order valence-electron chi connectivity index (χ1n) is 7.06. The van der Waals surface area contributed by atoms with Gasteiger partial charge in [-0.3, -0.25) is 0 Å². The Labute approximate surface area is 127 Å². The Kier molecular flexibility index (Phi) is 3.73. The summed E-state index contributed by atoms with van der Waals surface area (Å²) in [5, 5.41) is 2.38. The van der Waals surface area contributed by atoms with E-state index in [0.717, 1.165) is 0 Å². The first-order valence-corrected chi connectivity index (χ1v) is 7.06. The second kappa shape index (κ2) is 5.44. The second-order valence-corrected chi connectivity index (χ2v) is 5.59. The number of amides is 1. The van der Waals surface area contributed by atoms with Crippen molar-refractivity contribution in [1.29, 1.82) is 0 Å². The zero-order valence-electron chi connectivity index (χ0n) is 12.7. The summed E-state index contributed by atoms with van der Waals surface area (Å²) >= 11 is 0. The molecule has 0 unspecified atom stereocenters. The third-order valence-corrected chi connectivity index (χ3v) is 4.56. The number of alkyl carbamates (subject to hydrolysis) is 1. The van der Waals surface area contributed by atoms with Gasteiger partial charge in [-0.1, -0.05) is 0 Å².